The first-order valence-electron chi connectivity index (χ1n) is 6.41. The van der Waals surface area contributed by atoms with Gasteiger partial charge in [-0.3, -0.25) is 0 Å². The summed E-state index contributed by atoms with van der Waals surface area (Å²) >= 11 is 14.0. The topological polar surface area (TPSA) is 26.3 Å². The van der Waals surface area contributed by atoms with Crippen molar-refractivity contribution >= 4 is 62.5 Å². The summed E-state index contributed by atoms with van der Waals surface area (Å²) in [5.41, 5.74) is 0.360. The summed E-state index contributed by atoms with van der Waals surface area (Å²) in [5.74, 6) is 0.0575. The minimum Gasteiger partial charge on any atom is -0.422 e. The molecule has 0 aliphatic heterocycles. The van der Waals surface area contributed by atoms with Gasteiger partial charge in [0.05, 0.1) is 19.2 Å². The Balaban J connectivity index is 1.94. The average molecular weight is 443 g/mol. The zero-order chi connectivity index (χ0) is 15.7. The molecule has 0 amide bonds. The van der Waals surface area contributed by atoms with E-state index in [9.17, 15) is 4.79 Å². The van der Waals surface area contributed by atoms with Crippen LogP contribution in [0.1, 0.15) is 10.4 Å². The van der Waals surface area contributed by atoms with Gasteiger partial charge in [-0.2, -0.15) is 0 Å². The summed E-state index contributed by atoms with van der Waals surface area (Å²) in [6.45, 7) is 0. The molecular formula is C17H9Cl2IO2. The van der Waals surface area contributed by atoms with Crippen molar-refractivity contribution in [3.05, 3.63) is 73.8 Å². The molecule has 3 rings (SSSR count). The van der Waals surface area contributed by atoms with E-state index in [1.807, 2.05) is 30.3 Å². The second-order valence-electron chi connectivity index (χ2n) is 4.62. The molecule has 3 aromatic rings. The first kappa shape index (κ1) is 15.6. The van der Waals surface area contributed by atoms with Crippen LogP contribution in [0.25, 0.3) is 10.8 Å². The molecule has 0 bridgehead atoms. The number of hydrogen-bond donors (Lipinski definition) is 0. The summed E-state index contributed by atoms with van der Waals surface area (Å²) < 4.78 is 6.38. The molecular weight excluding hydrogens is 434 g/mol. The van der Waals surface area contributed by atoms with Crippen molar-refractivity contribution < 1.29 is 9.53 Å². The SMILES string of the molecule is O=C(Oc1ccc2ccccc2c1I)c1ccc(Cl)c(Cl)c1. The zero-order valence-electron chi connectivity index (χ0n) is 11.1. The van der Waals surface area contributed by atoms with Crippen LogP contribution in [0.15, 0.2) is 54.6 Å². The highest BCUT2D eigenvalue weighted by Crippen LogP contribution is 2.30. The molecule has 0 heterocycles. The molecule has 0 aliphatic rings. The fourth-order valence-corrected chi connectivity index (χ4v) is 3.15. The number of carbonyl (C=O) groups excluding carboxylic acids is 1. The minimum absolute atomic E-state index is 0.323. The minimum atomic E-state index is -0.466. The van der Waals surface area contributed by atoms with Crippen molar-refractivity contribution in [1.29, 1.82) is 0 Å². The highest BCUT2D eigenvalue weighted by molar-refractivity contribution is 14.1. The number of fused-ring (bicyclic) bond motifs is 1. The lowest BCUT2D eigenvalue weighted by atomic mass is 10.1. The van der Waals surface area contributed by atoms with E-state index >= 15 is 0 Å². The van der Waals surface area contributed by atoms with Gasteiger partial charge in [0.25, 0.3) is 0 Å². The first-order valence-corrected chi connectivity index (χ1v) is 8.24. The Morgan fingerprint density at radius 2 is 1.73 bits per heavy atom. The number of carbonyl (C=O) groups is 1. The Morgan fingerprint density at radius 3 is 2.50 bits per heavy atom. The van der Waals surface area contributed by atoms with Crippen molar-refractivity contribution in [2.75, 3.05) is 0 Å². The van der Waals surface area contributed by atoms with Gasteiger partial charge < -0.3 is 4.74 Å². The van der Waals surface area contributed by atoms with Gasteiger partial charge in [-0.05, 0) is 57.6 Å². The van der Waals surface area contributed by atoms with E-state index in [0.29, 0.717) is 21.4 Å². The van der Waals surface area contributed by atoms with Crippen LogP contribution >= 0.6 is 45.8 Å². The van der Waals surface area contributed by atoms with Crippen LogP contribution in [0.5, 0.6) is 5.75 Å². The number of halogens is 3. The Labute approximate surface area is 151 Å². The van der Waals surface area contributed by atoms with Gasteiger partial charge in [-0.15, -0.1) is 0 Å². The summed E-state index contributed by atoms with van der Waals surface area (Å²) in [4.78, 5) is 12.2. The largest absolute Gasteiger partial charge is 0.422 e. The third-order valence-electron chi connectivity index (χ3n) is 3.19. The van der Waals surface area contributed by atoms with Gasteiger partial charge in [-0.1, -0.05) is 53.5 Å². The normalized spacial score (nSPS) is 10.7. The molecule has 0 N–H and O–H groups in total. The van der Waals surface area contributed by atoms with Crippen LogP contribution in [0.3, 0.4) is 0 Å². The average Bonchev–Trinajstić information content (AvgIpc) is 2.53. The van der Waals surface area contributed by atoms with E-state index < -0.39 is 5.97 Å². The fraction of sp³-hybridized carbons (Fsp3) is 0. The molecule has 5 heteroatoms. The molecule has 2 nitrogen and oxygen atoms in total. The highest BCUT2D eigenvalue weighted by Gasteiger charge is 2.13. The third kappa shape index (κ3) is 3.07. The van der Waals surface area contributed by atoms with E-state index in [-0.39, 0.29) is 0 Å². The molecule has 0 saturated heterocycles. The van der Waals surface area contributed by atoms with Crippen LogP contribution in [0.4, 0.5) is 0 Å². The van der Waals surface area contributed by atoms with E-state index in [4.69, 9.17) is 27.9 Å². The van der Waals surface area contributed by atoms with Crippen molar-refractivity contribution in [2.24, 2.45) is 0 Å². The number of benzene rings is 3. The number of rotatable bonds is 2. The van der Waals surface area contributed by atoms with Gasteiger partial charge in [0, 0.05) is 0 Å². The maximum absolute atomic E-state index is 12.2. The fourth-order valence-electron chi connectivity index (χ4n) is 2.07. The Morgan fingerprint density at radius 1 is 0.955 bits per heavy atom. The maximum atomic E-state index is 12.2. The molecule has 0 aliphatic carbocycles. The molecule has 0 saturated carbocycles. The molecule has 0 unspecified atom stereocenters. The Hall–Kier alpha value is -1.30. The summed E-state index contributed by atoms with van der Waals surface area (Å²) in [5, 5.41) is 2.87. The van der Waals surface area contributed by atoms with E-state index in [2.05, 4.69) is 22.6 Å². The van der Waals surface area contributed by atoms with Crippen LogP contribution in [0.2, 0.25) is 10.0 Å². The van der Waals surface area contributed by atoms with Gasteiger partial charge in [0.2, 0.25) is 0 Å². The second kappa shape index (κ2) is 6.44. The summed E-state index contributed by atoms with van der Waals surface area (Å²) in [6.07, 6.45) is 0. The monoisotopic (exact) mass is 442 g/mol. The lowest BCUT2D eigenvalue weighted by Crippen LogP contribution is -2.09. The van der Waals surface area contributed by atoms with Crippen molar-refractivity contribution in [2.45, 2.75) is 0 Å². The third-order valence-corrected chi connectivity index (χ3v) is 5.04. The lowest BCUT2D eigenvalue weighted by Gasteiger charge is -2.09. The number of ether oxygens (including phenoxy) is 1. The van der Waals surface area contributed by atoms with Crippen LogP contribution in [0, 0.1) is 3.57 Å². The van der Waals surface area contributed by atoms with Crippen molar-refractivity contribution in [1.82, 2.24) is 0 Å². The molecule has 22 heavy (non-hydrogen) atoms. The van der Waals surface area contributed by atoms with Crippen LogP contribution < -0.4 is 4.74 Å². The lowest BCUT2D eigenvalue weighted by molar-refractivity contribution is 0.0733. The van der Waals surface area contributed by atoms with Crippen LogP contribution in [-0.2, 0) is 0 Å². The standard InChI is InChI=1S/C17H9Cl2IO2/c18-13-7-5-11(9-14(13)19)17(21)22-15-8-6-10-3-1-2-4-12(10)16(15)20/h1-9H. The maximum Gasteiger partial charge on any atom is 0.343 e. The Bertz CT molecular complexity index is 878. The van der Waals surface area contributed by atoms with Crippen LogP contribution in [-0.4, -0.2) is 5.97 Å². The molecule has 0 fully saturated rings. The molecule has 0 atom stereocenters. The van der Waals surface area contributed by atoms with Gasteiger partial charge in [0.1, 0.15) is 5.75 Å². The van der Waals surface area contributed by atoms with Gasteiger partial charge in [-0.25, -0.2) is 4.79 Å². The van der Waals surface area contributed by atoms with E-state index in [1.165, 1.54) is 6.07 Å². The molecule has 110 valence electrons. The summed E-state index contributed by atoms with van der Waals surface area (Å²) in [6, 6.07) is 16.3. The Kier molecular flexibility index (Phi) is 4.57. The van der Waals surface area contributed by atoms with Gasteiger partial charge in [0.15, 0.2) is 0 Å². The second-order valence-corrected chi connectivity index (χ2v) is 6.51. The van der Waals surface area contributed by atoms with Gasteiger partial charge >= 0.3 is 5.97 Å². The quantitative estimate of drug-likeness (QED) is 0.277. The molecule has 0 spiro atoms. The van der Waals surface area contributed by atoms with Crippen molar-refractivity contribution in [3.63, 3.8) is 0 Å². The predicted octanol–water partition coefficient (Wildman–Crippen LogP) is 5.97. The number of hydrogen-bond acceptors (Lipinski definition) is 2. The molecule has 0 radical (unpaired) electrons. The number of esters is 1. The highest BCUT2D eigenvalue weighted by atomic mass is 127. The first-order chi connectivity index (χ1) is 10.6. The molecule has 3 aromatic carbocycles. The van der Waals surface area contributed by atoms with E-state index in [1.54, 1.807) is 18.2 Å². The van der Waals surface area contributed by atoms with Crippen molar-refractivity contribution in [3.8, 4) is 5.75 Å². The summed E-state index contributed by atoms with van der Waals surface area (Å²) in [7, 11) is 0. The predicted molar refractivity (Wildman–Crippen MR) is 98.1 cm³/mol. The smallest absolute Gasteiger partial charge is 0.343 e. The molecule has 0 aromatic heterocycles. The zero-order valence-corrected chi connectivity index (χ0v) is 14.8. The van der Waals surface area contributed by atoms with E-state index in [0.717, 1.165) is 14.3 Å².